The van der Waals surface area contributed by atoms with E-state index >= 15 is 0 Å². The van der Waals surface area contributed by atoms with Gasteiger partial charge in [-0.25, -0.2) is 4.79 Å². The summed E-state index contributed by atoms with van der Waals surface area (Å²) in [7, 11) is 0. The summed E-state index contributed by atoms with van der Waals surface area (Å²) < 4.78 is 10.1. The van der Waals surface area contributed by atoms with Gasteiger partial charge in [-0.05, 0) is 36.8 Å². The normalized spacial score (nSPS) is 12.9. The van der Waals surface area contributed by atoms with Gasteiger partial charge in [-0.2, -0.15) is 0 Å². The van der Waals surface area contributed by atoms with E-state index in [0.29, 0.717) is 12.3 Å². The number of carbonyl (C=O) groups excluding carboxylic acids is 4. The summed E-state index contributed by atoms with van der Waals surface area (Å²) in [6.45, 7) is 2.01. The van der Waals surface area contributed by atoms with Crippen LogP contribution in [0.3, 0.4) is 0 Å². The first-order valence-corrected chi connectivity index (χ1v) is 8.47. The second kappa shape index (κ2) is 7.86. The van der Waals surface area contributed by atoms with Crippen molar-refractivity contribution < 1.29 is 28.3 Å². The van der Waals surface area contributed by atoms with E-state index in [1.807, 2.05) is 6.92 Å². The average molecular weight is 370 g/mol. The van der Waals surface area contributed by atoms with Gasteiger partial charge in [0, 0.05) is 6.54 Å². The van der Waals surface area contributed by atoms with Crippen molar-refractivity contribution in [2.24, 2.45) is 0 Å². The SMILES string of the molecule is CCCNC(=O)COC(=O)c1ccc2c(c1)C(=O)N(Cc1ccco1)C2=O. The molecule has 1 aromatic heterocycles. The maximum Gasteiger partial charge on any atom is 0.338 e. The zero-order valence-electron chi connectivity index (χ0n) is 14.7. The highest BCUT2D eigenvalue weighted by atomic mass is 16.5. The molecule has 0 saturated carbocycles. The molecule has 8 heteroatoms. The standard InChI is InChI=1S/C19H18N2O6/c1-2-7-20-16(22)11-27-19(25)12-5-6-14-15(9-12)18(24)21(17(14)23)10-13-4-3-8-26-13/h3-6,8-9H,2,7,10-11H2,1H3,(H,20,22). The smallest absolute Gasteiger partial charge is 0.338 e. The van der Waals surface area contributed by atoms with Crippen molar-refractivity contribution in [2.75, 3.05) is 13.2 Å². The molecular weight excluding hydrogens is 352 g/mol. The summed E-state index contributed by atoms with van der Waals surface area (Å²) >= 11 is 0. The molecule has 3 rings (SSSR count). The molecule has 0 radical (unpaired) electrons. The van der Waals surface area contributed by atoms with Crippen molar-refractivity contribution in [2.45, 2.75) is 19.9 Å². The molecule has 140 valence electrons. The monoisotopic (exact) mass is 370 g/mol. The van der Waals surface area contributed by atoms with Crippen LogP contribution in [0.25, 0.3) is 0 Å². The minimum absolute atomic E-state index is 0.0106. The van der Waals surface area contributed by atoms with Crippen LogP contribution in [0.4, 0.5) is 0 Å². The number of hydrogen-bond acceptors (Lipinski definition) is 6. The maximum atomic E-state index is 12.5. The van der Waals surface area contributed by atoms with Crippen molar-refractivity contribution in [1.29, 1.82) is 0 Å². The quantitative estimate of drug-likeness (QED) is 0.588. The Labute approximate surface area is 155 Å². The summed E-state index contributed by atoms with van der Waals surface area (Å²) in [4.78, 5) is 49.6. The Bertz CT molecular complexity index is 888. The molecule has 1 aliphatic heterocycles. The van der Waals surface area contributed by atoms with Gasteiger partial charge in [0.05, 0.1) is 29.5 Å². The van der Waals surface area contributed by atoms with Gasteiger partial charge >= 0.3 is 5.97 Å². The number of benzene rings is 1. The number of esters is 1. The highest BCUT2D eigenvalue weighted by Gasteiger charge is 2.36. The Morgan fingerprint density at radius 2 is 1.93 bits per heavy atom. The molecular formula is C19H18N2O6. The van der Waals surface area contributed by atoms with E-state index < -0.39 is 30.3 Å². The molecule has 8 nitrogen and oxygen atoms in total. The summed E-state index contributed by atoms with van der Waals surface area (Å²) in [6, 6.07) is 7.44. The zero-order chi connectivity index (χ0) is 19.4. The second-order valence-electron chi connectivity index (χ2n) is 5.96. The third-order valence-corrected chi connectivity index (χ3v) is 4.01. The number of rotatable bonds is 7. The molecule has 1 aliphatic rings. The lowest BCUT2D eigenvalue weighted by Gasteiger charge is -2.11. The Hall–Kier alpha value is -3.42. The summed E-state index contributed by atoms with van der Waals surface area (Å²) in [5.41, 5.74) is 0.429. The van der Waals surface area contributed by atoms with E-state index in [1.54, 1.807) is 12.1 Å². The fourth-order valence-electron chi connectivity index (χ4n) is 2.65. The largest absolute Gasteiger partial charge is 0.467 e. The first kappa shape index (κ1) is 18.4. The van der Waals surface area contributed by atoms with Crippen molar-refractivity contribution in [3.05, 3.63) is 59.0 Å². The second-order valence-corrected chi connectivity index (χ2v) is 5.96. The van der Waals surface area contributed by atoms with E-state index in [4.69, 9.17) is 9.15 Å². The number of hydrogen-bond donors (Lipinski definition) is 1. The van der Waals surface area contributed by atoms with Gasteiger partial charge in [0.1, 0.15) is 5.76 Å². The van der Waals surface area contributed by atoms with Crippen LogP contribution in [0.1, 0.15) is 50.2 Å². The van der Waals surface area contributed by atoms with Crippen molar-refractivity contribution in [3.63, 3.8) is 0 Å². The van der Waals surface area contributed by atoms with Crippen LogP contribution in [0.5, 0.6) is 0 Å². The third kappa shape index (κ3) is 3.89. The molecule has 1 N–H and O–H groups in total. The molecule has 2 heterocycles. The van der Waals surface area contributed by atoms with Crippen molar-refractivity contribution >= 4 is 23.7 Å². The Morgan fingerprint density at radius 3 is 2.63 bits per heavy atom. The zero-order valence-corrected chi connectivity index (χ0v) is 14.7. The van der Waals surface area contributed by atoms with Gasteiger partial charge in [-0.3, -0.25) is 19.3 Å². The molecule has 2 aromatic rings. The van der Waals surface area contributed by atoms with Crippen LogP contribution in [-0.2, 0) is 16.1 Å². The summed E-state index contributed by atoms with van der Waals surface area (Å²) in [6.07, 6.45) is 2.23. The third-order valence-electron chi connectivity index (χ3n) is 4.01. The molecule has 0 atom stereocenters. The summed E-state index contributed by atoms with van der Waals surface area (Å²) in [5, 5.41) is 2.59. The van der Waals surface area contributed by atoms with Gasteiger partial charge in [-0.15, -0.1) is 0 Å². The van der Waals surface area contributed by atoms with Crippen molar-refractivity contribution in [1.82, 2.24) is 10.2 Å². The molecule has 3 amide bonds. The molecule has 0 unspecified atom stereocenters. The lowest BCUT2D eigenvalue weighted by atomic mass is 10.1. The first-order valence-electron chi connectivity index (χ1n) is 8.47. The van der Waals surface area contributed by atoms with Crippen LogP contribution in [0, 0.1) is 0 Å². The molecule has 0 bridgehead atoms. The number of imide groups is 1. The predicted molar refractivity (Wildman–Crippen MR) is 92.9 cm³/mol. The number of fused-ring (bicyclic) bond motifs is 1. The molecule has 0 aliphatic carbocycles. The van der Waals surface area contributed by atoms with E-state index in [1.165, 1.54) is 24.5 Å². The van der Waals surface area contributed by atoms with E-state index in [9.17, 15) is 19.2 Å². The number of nitrogens with zero attached hydrogens (tertiary/aromatic N) is 1. The lowest BCUT2D eigenvalue weighted by Crippen LogP contribution is -2.29. The fraction of sp³-hybridized carbons (Fsp3) is 0.263. The van der Waals surface area contributed by atoms with Crippen LogP contribution in [0.2, 0.25) is 0 Å². The van der Waals surface area contributed by atoms with E-state index in [2.05, 4.69) is 5.32 Å². The molecule has 1 aromatic carbocycles. The van der Waals surface area contributed by atoms with Gasteiger partial charge in [0.15, 0.2) is 6.61 Å². The Kier molecular flexibility index (Phi) is 5.35. The lowest BCUT2D eigenvalue weighted by molar-refractivity contribution is -0.124. The van der Waals surface area contributed by atoms with Crippen LogP contribution in [0.15, 0.2) is 41.0 Å². The number of nitrogens with one attached hydrogen (secondary N) is 1. The molecule has 0 spiro atoms. The van der Waals surface area contributed by atoms with Crippen molar-refractivity contribution in [3.8, 4) is 0 Å². The minimum Gasteiger partial charge on any atom is -0.467 e. The average Bonchev–Trinajstić information content (AvgIpc) is 3.27. The van der Waals surface area contributed by atoms with Crippen LogP contribution in [-0.4, -0.2) is 41.7 Å². The van der Waals surface area contributed by atoms with E-state index in [0.717, 1.165) is 11.3 Å². The Balaban J connectivity index is 1.70. The van der Waals surface area contributed by atoms with Crippen LogP contribution < -0.4 is 5.32 Å². The van der Waals surface area contributed by atoms with Gasteiger partial charge < -0.3 is 14.5 Å². The minimum atomic E-state index is -0.741. The number of ether oxygens (including phenoxy) is 1. The highest BCUT2D eigenvalue weighted by Crippen LogP contribution is 2.26. The molecule has 27 heavy (non-hydrogen) atoms. The highest BCUT2D eigenvalue weighted by molar-refractivity contribution is 6.21. The summed E-state index contributed by atoms with van der Waals surface area (Å²) in [5.74, 6) is -1.63. The topological polar surface area (TPSA) is 106 Å². The maximum absolute atomic E-state index is 12.5. The Morgan fingerprint density at radius 1 is 1.15 bits per heavy atom. The molecule has 0 saturated heterocycles. The number of furan rings is 1. The predicted octanol–water partition coefficient (Wildman–Crippen LogP) is 1.76. The molecule has 0 fully saturated rings. The fourth-order valence-corrected chi connectivity index (χ4v) is 2.65. The first-order chi connectivity index (χ1) is 13.0. The van der Waals surface area contributed by atoms with Crippen LogP contribution >= 0.6 is 0 Å². The number of amides is 3. The van der Waals surface area contributed by atoms with Gasteiger partial charge in [0.25, 0.3) is 17.7 Å². The van der Waals surface area contributed by atoms with E-state index in [-0.39, 0.29) is 23.2 Å². The van der Waals surface area contributed by atoms with Gasteiger partial charge in [-0.1, -0.05) is 6.92 Å². The number of carbonyl (C=O) groups is 4. The van der Waals surface area contributed by atoms with Gasteiger partial charge in [0.2, 0.25) is 0 Å².